The summed E-state index contributed by atoms with van der Waals surface area (Å²) in [5, 5.41) is 8.01. The number of ether oxygens (including phenoxy) is 4. The topological polar surface area (TPSA) is 101 Å². The van der Waals surface area contributed by atoms with Crippen LogP contribution < -0.4 is 29.8 Å². The average molecular weight is 461 g/mol. The van der Waals surface area contributed by atoms with Gasteiger partial charge in [-0.25, -0.2) is 0 Å². The van der Waals surface area contributed by atoms with Crippen LogP contribution in [0, 0.1) is 0 Å². The third-order valence-electron chi connectivity index (χ3n) is 5.24. The van der Waals surface area contributed by atoms with Crippen molar-refractivity contribution < 1.29 is 23.7 Å². The Hall–Kier alpha value is -4.53. The first-order valence-corrected chi connectivity index (χ1v) is 10.3. The van der Waals surface area contributed by atoms with Crippen molar-refractivity contribution in [2.75, 3.05) is 33.8 Å². The summed E-state index contributed by atoms with van der Waals surface area (Å²) >= 11 is 0. The first kappa shape index (κ1) is 22.7. The summed E-state index contributed by atoms with van der Waals surface area (Å²) in [5.41, 5.74) is 0.599. The molecule has 0 spiro atoms. The second-order valence-corrected chi connectivity index (χ2v) is 7.18. The van der Waals surface area contributed by atoms with Crippen LogP contribution in [0.3, 0.4) is 0 Å². The molecule has 0 saturated heterocycles. The maximum Gasteiger partial charge on any atom is 0.279 e. The smallest absolute Gasteiger partial charge is 0.279 e. The van der Waals surface area contributed by atoms with Crippen LogP contribution in [0.2, 0.25) is 0 Å². The molecule has 34 heavy (non-hydrogen) atoms. The molecule has 9 nitrogen and oxygen atoms in total. The van der Waals surface area contributed by atoms with Crippen molar-refractivity contribution in [3.63, 3.8) is 0 Å². The molecule has 0 aliphatic carbocycles. The number of anilines is 1. The summed E-state index contributed by atoms with van der Waals surface area (Å²) < 4.78 is 22.5. The van der Waals surface area contributed by atoms with Gasteiger partial charge in [0.25, 0.3) is 11.5 Å². The molecule has 0 unspecified atom stereocenters. The van der Waals surface area contributed by atoms with Crippen molar-refractivity contribution in [3.05, 3.63) is 76.7 Å². The van der Waals surface area contributed by atoms with E-state index < -0.39 is 5.91 Å². The van der Waals surface area contributed by atoms with Gasteiger partial charge in [-0.05, 0) is 18.2 Å². The largest absolute Gasteiger partial charge is 0.497 e. The SMILES string of the molecule is COc1cccc(-n2nc(C(=O)Nc3cc(OC)c(OC)c(OC)c3)c3ccccc3c2=O)c1. The lowest BCUT2D eigenvalue weighted by Gasteiger charge is -2.15. The lowest BCUT2D eigenvalue weighted by Crippen LogP contribution is -2.26. The third-order valence-corrected chi connectivity index (χ3v) is 5.24. The van der Waals surface area contributed by atoms with Crippen LogP contribution in [0.1, 0.15) is 10.5 Å². The number of amides is 1. The van der Waals surface area contributed by atoms with Crippen molar-refractivity contribution in [3.8, 4) is 28.7 Å². The van der Waals surface area contributed by atoms with E-state index in [0.29, 0.717) is 45.1 Å². The minimum Gasteiger partial charge on any atom is -0.497 e. The van der Waals surface area contributed by atoms with Crippen molar-refractivity contribution in [1.29, 1.82) is 0 Å². The highest BCUT2D eigenvalue weighted by molar-refractivity contribution is 6.11. The lowest BCUT2D eigenvalue weighted by molar-refractivity contribution is 0.102. The van der Waals surface area contributed by atoms with Crippen molar-refractivity contribution >= 4 is 22.4 Å². The fourth-order valence-corrected chi connectivity index (χ4v) is 3.62. The molecular formula is C25H23N3O6. The summed E-state index contributed by atoms with van der Waals surface area (Å²) in [6.45, 7) is 0. The highest BCUT2D eigenvalue weighted by atomic mass is 16.5. The standard InChI is InChI=1S/C25H23N3O6/c1-31-17-9-7-8-16(14-17)28-25(30)19-11-6-5-10-18(19)22(27-28)24(29)26-15-12-20(32-2)23(34-4)21(13-15)33-3/h5-14H,1-4H3,(H,26,29). The van der Waals surface area contributed by atoms with Crippen LogP contribution in [-0.2, 0) is 0 Å². The molecule has 174 valence electrons. The molecule has 4 rings (SSSR count). The highest BCUT2D eigenvalue weighted by Crippen LogP contribution is 2.40. The first-order valence-electron chi connectivity index (χ1n) is 10.3. The van der Waals surface area contributed by atoms with E-state index in [1.165, 1.54) is 33.1 Å². The average Bonchev–Trinajstić information content (AvgIpc) is 2.88. The molecule has 1 amide bonds. The predicted molar refractivity (Wildman–Crippen MR) is 128 cm³/mol. The number of fused-ring (bicyclic) bond motifs is 1. The van der Waals surface area contributed by atoms with E-state index in [9.17, 15) is 9.59 Å². The molecular weight excluding hydrogens is 438 g/mol. The van der Waals surface area contributed by atoms with E-state index in [0.717, 1.165) is 0 Å². The Morgan fingerprint density at radius 3 is 2.12 bits per heavy atom. The molecule has 0 atom stereocenters. The zero-order valence-corrected chi connectivity index (χ0v) is 19.1. The van der Waals surface area contributed by atoms with Crippen molar-refractivity contribution in [2.45, 2.75) is 0 Å². The van der Waals surface area contributed by atoms with Crippen LogP contribution in [0.25, 0.3) is 16.5 Å². The van der Waals surface area contributed by atoms with Gasteiger partial charge < -0.3 is 24.3 Å². The van der Waals surface area contributed by atoms with Gasteiger partial charge in [-0.1, -0.05) is 24.3 Å². The summed E-state index contributed by atoms with van der Waals surface area (Å²) in [4.78, 5) is 26.6. The number of nitrogens with one attached hydrogen (secondary N) is 1. The van der Waals surface area contributed by atoms with Gasteiger partial charge in [0.2, 0.25) is 5.75 Å². The highest BCUT2D eigenvalue weighted by Gasteiger charge is 2.20. The molecule has 0 aliphatic rings. The Balaban J connectivity index is 1.84. The maximum absolute atomic E-state index is 13.4. The van der Waals surface area contributed by atoms with Gasteiger partial charge >= 0.3 is 0 Å². The number of carbonyl (C=O) groups excluding carboxylic acids is 1. The molecule has 1 N–H and O–H groups in total. The molecule has 9 heteroatoms. The van der Waals surface area contributed by atoms with Gasteiger partial charge in [-0.2, -0.15) is 9.78 Å². The summed E-state index contributed by atoms with van der Waals surface area (Å²) in [7, 11) is 6.01. The minimum atomic E-state index is -0.512. The van der Waals surface area contributed by atoms with Gasteiger partial charge in [-0.15, -0.1) is 0 Å². The van der Waals surface area contributed by atoms with Crippen molar-refractivity contribution in [2.24, 2.45) is 0 Å². The van der Waals surface area contributed by atoms with Gasteiger partial charge in [0.1, 0.15) is 5.75 Å². The van der Waals surface area contributed by atoms with Gasteiger partial charge in [0, 0.05) is 29.3 Å². The monoisotopic (exact) mass is 461 g/mol. The Bertz CT molecular complexity index is 1410. The molecule has 4 aromatic rings. The number of hydrogen-bond acceptors (Lipinski definition) is 7. The molecule has 1 heterocycles. The molecule has 0 saturated carbocycles. The van der Waals surface area contributed by atoms with E-state index in [1.807, 2.05) is 0 Å². The second-order valence-electron chi connectivity index (χ2n) is 7.18. The Kier molecular flexibility index (Phi) is 6.35. The van der Waals surface area contributed by atoms with Crippen LogP contribution in [-0.4, -0.2) is 44.1 Å². The van der Waals surface area contributed by atoms with E-state index in [-0.39, 0.29) is 11.3 Å². The molecule has 0 radical (unpaired) electrons. The number of rotatable bonds is 7. The lowest BCUT2D eigenvalue weighted by atomic mass is 10.1. The van der Waals surface area contributed by atoms with E-state index in [4.69, 9.17) is 18.9 Å². The number of aromatic nitrogens is 2. The third kappa shape index (κ3) is 4.11. The number of methoxy groups -OCH3 is 4. The Labute approximate surface area is 195 Å². The normalized spacial score (nSPS) is 10.6. The molecule has 0 fully saturated rings. The quantitative estimate of drug-likeness (QED) is 0.448. The molecule has 3 aromatic carbocycles. The van der Waals surface area contributed by atoms with E-state index in [1.54, 1.807) is 60.7 Å². The van der Waals surface area contributed by atoms with Crippen LogP contribution in [0.5, 0.6) is 23.0 Å². The van der Waals surface area contributed by atoms with Gasteiger partial charge in [-0.3, -0.25) is 9.59 Å². The predicted octanol–water partition coefficient (Wildman–Crippen LogP) is 3.67. The Morgan fingerprint density at radius 2 is 1.50 bits per heavy atom. The second kappa shape index (κ2) is 9.53. The summed E-state index contributed by atoms with van der Waals surface area (Å²) in [5.74, 6) is 1.22. The number of carbonyl (C=O) groups is 1. The first-order chi connectivity index (χ1) is 16.5. The van der Waals surface area contributed by atoms with Crippen LogP contribution in [0.4, 0.5) is 5.69 Å². The summed E-state index contributed by atoms with van der Waals surface area (Å²) in [6, 6.07) is 16.9. The van der Waals surface area contributed by atoms with Crippen molar-refractivity contribution in [1.82, 2.24) is 9.78 Å². The zero-order valence-electron chi connectivity index (χ0n) is 19.1. The molecule has 0 bridgehead atoms. The molecule has 0 aliphatic heterocycles. The van der Waals surface area contributed by atoms with Crippen LogP contribution >= 0.6 is 0 Å². The maximum atomic E-state index is 13.4. The summed E-state index contributed by atoms with van der Waals surface area (Å²) in [6.07, 6.45) is 0. The fraction of sp³-hybridized carbons (Fsp3) is 0.160. The fourth-order valence-electron chi connectivity index (χ4n) is 3.62. The zero-order chi connectivity index (χ0) is 24.2. The van der Waals surface area contributed by atoms with Crippen LogP contribution in [0.15, 0.2) is 65.5 Å². The van der Waals surface area contributed by atoms with E-state index >= 15 is 0 Å². The Morgan fingerprint density at radius 1 is 0.824 bits per heavy atom. The minimum absolute atomic E-state index is 0.0757. The number of benzene rings is 3. The number of hydrogen-bond donors (Lipinski definition) is 1. The van der Waals surface area contributed by atoms with E-state index in [2.05, 4.69) is 10.4 Å². The number of nitrogens with zero attached hydrogens (tertiary/aromatic N) is 2. The van der Waals surface area contributed by atoms with Gasteiger partial charge in [0.05, 0.1) is 39.5 Å². The molecule has 1 aromatic heterocycles. The van der Waals surface area contributed by atoms with Gasteiger partial charge in [0.15, 0.2) is 17.2 Å².